The minimum absolute atomic E-state index is 0.0715. The molecule has 2 atom stereocenters. The van der Waals surface area contributed by atoms with Gasteiger partial charge in [-0.2, -0.15) is 0 Å². The number of aliphatic hydroxyl groups excluding tert-OH is 2. The molecule has 5 N–H and O–H groups in total. The Morgan fingerprint density at radius 1 is 1.44 bits per heavy atom. The first-order chi connectivity index (χ1) is 8.54. The SMILES string of the molecule is NCC(O)C(O)c1c[nH]c2ccc([N+](=O)[O-])cc12. The van der Waals surface area contributed by atoms with Gasteiger partial charge >= 0.3 is 0 Å². The van der Waals surface area contributed by atoms with Crippen LogP contribution in [-0.4, -0.2) is 32.8 Å². The second-order valence-electron chi connectivity index (χ2n) is 3.98. The van der Waals surface area contributed by atoms with Gasteiger partial charge in [-0.05, 0) is 6.07 Å². The molecule has 0 fully saturated rings. The van der Waals surface area contributed by atoms with Gasteiger partial charge in [0.2, 0.25) is 0 Å². The lowest BCUT2D eigenvalue weighted by molar-refractivity contribution is -0.384. The van der Waals surface area contributed by atoms with Crippen LogP contribution < -0.4 is 5.73 Å². The van der Waals surface area contributed by atoms with Crippen LogP contribution in [0.15, 0.2) is 24.4 Å². The number of rotatable bonds is 4. The number of nitrogens with zero attached hydrogens (tertiary/aromatic N) is 1. The zero-order valence-corrected chi connectivity index (χ0v) is 9.41. The second-order valence-corrected chi connectivity index (χ2v) is 3.98. The highest BCUT2D eigenvalue weighted by molar-refractivity contribution is 5.85. The van der Waals surface area contributed by atoms with Crippen LogP contribution in [0.4, 0.5) is 5.69 Å². The molecule has 96 valence electrons. The van der Waals surface area contributed by atoms with Crippen molar-refractivity contribution < 1.29 is 15.1 Å². The first kappa shape index (κ1) is 12.5. The lowest BCUT2D eigenvalue weighted by Gasteiger charge is -2.15. The van der Waals surface area contributed by atoms with E-state index in [4.69, 9.17) is 5.73 Å². The Balaban J connectivity index is 2.51. The van der Waals surface area contributed by atoms with Crippen molar-refractivity contribution in [1.29, 1.82) is 0 Å². The Morgan fingerprint density at radius 2 is 2.17 bits per heavy atom. The molecule has 7 heteroatoms. The largest absolute Gasteiger partial charge is 0.389 e. The Morgan fingerprint density at radius 3 is 2.78 bits per heavy atom. The highest BCUT2D eigenvalue weighted by atomic mass is 16.6. The Bertz CT molecular complexity index is 581. The number of nitro groups is 1. The van der Waals surface area contributed by atoms with E-state index in [1.165, 1.54) is 18.3 Å². The van der Waals surface area contributed by atoms with E-state index in [-0.39, 0.29) is 12.2 Å². The fourth-order valence-corrected chi connectivity index (χ4v) is 1.82. The van der Waals surface area contributed by atoms with E-state index < -0.39 is 17.1 Å². The molecule has 1 aromatic heterocycles. The summed E-state index contributed by atoms with van der Waals surface area (Å²) in [5, 5.41) is 30.6. The number of benzene rings is 1. The third-order valence-corrected chi connectivity index (χ3v) is 2.83. The first-order valence-electron chi connectivity index (χ1n) is 5.36. The van der Waals surface area contributed by atoms with Crippen molar-refractivity contribution in [2.24, 2.45) is 5.73 Å². The summed E-state index contributed by atoms with van der Waals surface area (Å²) in [5.74, 6) is 0. The van der Waals surface area contributed by atoms with Gasteiger partial charge in [0.15, 0.2) is 0 Å². The third kappa shape index (κ3) is 2.06. The van der Waals surface area contributed by atoms with Crippen molar-refractivity contribution in [1.82, 2.24) is 4.98 Å². The quantitative estimate of drug-likeness (QED) is 0.463. The highest BCUT2D eigenvalue weighted by Gasteiger charge is 2.21. The number of nitro benzene ring substituents is 1. The number of aromatic amines is 1. The van der Waals surface area contributed by atoms with E-state index >= 15 is 0 Å². The number of non-ortho nitro benzene ring substituents is 1. The zero-order valence-electron chi connectivity index (χ0n) is 9.41. The summed E-state index contributed by atoms with van der Waals surface area (Å²) in [6.45, 7) is -0.0945. The monoisotopic (exact) mass is 251 g/mol. The van der Waals surface area contributed by atoms with Gasteiger partial charge in [0.1, 0.15) is 6.10 Å². The molecule has 7 nitrogen and oxygen atoms in total. The Hall–Kier alpha value is -1.96. The van der Waals surface area contributed by atoms with E-state index in [1.54, 1.807) is 6.07 Å². The van der Waals surface area contributed by atoms with Crippen LogP contribution in [0, 0.1) is 10.1 Å². The highest BCUT2D eigenvalue weighted by Crippen LogP contribution is 2.29. The predicted molar refractivity (Wildman–Crippen MR) is 65.0 cm³/mol. The van der Waals surface area contributed by atoms with Crippen molar-refractivity contribution in [2.75, 3.05) is 6.54 Å². The molecule has 0 radical (unpaired) electrons. The summed E-state index contributed by atoms with van der Waals surface area (Å²) >= 11 is 0. The van der Waals surface area contributed by atoms with Crippen molar-refractivity contribution >= 4 is 16.6 Å². The maximum atomic E-state index is 10.7. The summed E-state index contributed by atoms with van der Waals surface area (Å²) in [4.78, 5) is 13.1. The molecule has 0 spiro atoms. The van der Waals surface area contributed by atoms with Crippen molar-refractivity contribution in [3.8, 4) is 0 Å². The van der Waals surface area contributed by atoms with Gasteiger partial charge in [0.05, 0.1) is 11.0 Å². The van der Waals surface area contributed by atoms with Crippen LogP contribution in [0.3, 0.4) is 0 Å². The topological polar surface area (TPSA) is 125 Å². The van der Waals surface area contributed by atoms with Gasteiger partial charge in [0.25, 0.3) is 5.69 Å². The standard InChI is InChI=1S/C11H13N3O4/c12-4-10(15)11(16)8-5-13-9-2-1-6(14(17)18)3-7(8)9/h1-3,5,10-11,13,15-16H,4,12H2. The molecule has 0 aliphatic rings. The van der Waals surface area contributed by atoms with E-state index in [9.17, 15) is 20.3 Å². The Labute approximate surface area is 102 Å². The number of H-pyrrole nitrogens is 1. The van der Waals surface area contributed by atoms with Crippen molar-refractivity contribution in [3.63, 3.8) is 0 Å². The van der Waals surface area contributed by atoms with Crippen molar-refractivity contribution in [3.05, 3.63) is 40.1 Å². The van der Waals surface area contributed by atoms with Gasteiger partial charge < -0.3 is 20.9 Å². The fraction of sp³-hybridized carbons (Fsp3) is 0.273. The molecule has 2 rings (SSSR count). The van der Waals surface area contributed by atoms with Gasteiger partial charge in [-0.15, -0.1) is 0 Å². The molecule has 1 aromatic carbocycles. The summed E-state index contributed by atoms with van der Waals surface area (Å²) in [7, 11) is 0. The van der Waals surface area contributed by atoms with Gasteiger partial charge in [-0.3, -0.25) is 10.1 Å². The van der Waals surface area contributed by atoms with E-state index in [1.807, 2.05) is 0 Å². The summed E-state index contributed by atoms with van der Waals surface area (Å²) < 4.78 is 0. The molecule has 0 amide bonds. The molecule has 0 bridgehead atoms. The maximum Gasteiger partial charge on any atom is 0.270 e. The Kier molecular flexibility index (Phi) is 3.28. The maximum absolute atomic E-state index is 10.7. The molecule has 0 saturated carbocycles. The smallest absolute Gasteiger partial charge is 0.270 e. The molecule has 0 aliphatic carbocycles. The number of aromatic nitrogens is 1. The summed E-state index contributed by atoms with van der Waals surface area (Å²) in [6.07, 6.45) is -0.771. The number of aliphatic hydroxyl groups is 2. The summed E-state index contributed by atoms with van der Waals surface area (Å²) in [5.41, 5.74) is 6.25. The van der Waals surface area contributed by atoms with E-state index in [0.29, 0.717) is 16.5 Å². The van der Waals surface area contributed by atoms with Gasteiger partial charge in [0, 0.05) is 41.3 Å². The molecular formula is C11H13N3O4. The van der Waals surface area contributed by atoms with Crippen molar-refractivity contribution in [2.45, 2.75) is 12.2 Å². The van der Waals surface area contributed by atoms with Crippen LogP contribution >= 0.6 is 0 Å². The van der Waals surface area contributed by atoms with Gasteiger partial charge in [-0.1, -0.05) is 0 Å². The first-order valence-corrected chi connectivity index (χ1v) is 5.36. The molecule has 0 saturated heterocycles. The van der Waals surface area contributed by atoms with Crippen LogP contribution in [-0.2, 0) is 0 Å². The molecule has 1 heterocycles. The number of nitrogens with one attached hydrogen (secondary N) is 1. The van der Waals surface area contributed by atoms with Crippen LogP contribution in [0.5, 0.6) is 0 Å². The van der Waals surface area contributed by atoms with Crippen LogP contribution in [0.1, 0.15) is 11.7 Å². The fourth-order valence-electron chi connectivity index (χ4n) is 1.82. The lowest BCUT2D eigenvalue weighted by Crippen LogP contribution is -2.27. The molecule has 18 heavy (non-hydrogen) atoms. The van der Waals surface area contributed by atoms with E-state index in [2.05, 4.69) is 4.98 Å². The van der Waals surface area contributed by atoms with Gasteiger partial charge in [-0.25, -0.2) is 0 Å². The number of nitrogens with two attached hydrogens (primary N) is 1. The minimum Gasteiger partial charge on any atom is -0.389 e. The molecule has 2 unspecified atom stereocenters. The molecule has 0 aliphatic heterocycles. The zero-order chi connectivity index (χ0) is 13.3. The second kappa shape index (κ2) is 4.73. The molecular weight excluding hydrogens is 238 g/mol. The summed E-state index contributed by atoms with van der Waals surface area (Å²) in [6, 6.07) is 4.28. The molecule has 2 aromatic rings. The normalized spacial score (nSPS) is 14.6. The van der Waals surface area contributed by atoms with E-state index in [0.717, 1.165) is 0 Å². The predicted octanol–water partition coefficient (Wildman–Crippen LogP) is 0.429. The number of hydrogen-bond donors (Lipinski definition) is 4. The van der Waals surface area contributed by atoms with Crippen LogP contribution in [0.2, 0.25) is 0 Å². The minimum atomic E-state index is -1.18. The third-order valence-electron chi connectivity index (χ3n) is 2.83. The average Bonchev–Trinajstić information content (AvgIpc) is 2.79. The number of hydrogen-bond acceptors (Lipinski definition) is 5. The number of fused-ring (bicyclic) bond motifs is 1. The lowest BCUT2D eigenvalue weighted by atomic mass is 10.0. The van der Waals surface area contributed by atoms with Crippen LogP contribution in [0.25, 0.3) is 10.9 Å². The average molecular weight is 251 g/mol.